The van der Waals surface area contributed by atoms with Crippen molar-refractivity contribution in [1.82, 2.24) is 0 Å². The van der Waals surface area contributed by atoms with Crippen LogP contribution in [0.25, 0.3) is 11.1 Å². The van der Waals surface area contributed by atoms with Gasteiger partial charge in [0.15, 0.2) is 0 Å². The van der Waals surface area contributed by atoms with Gasteiger partial charge in [-0.1, -0.05) is 77.9 Å². The van der Waals surface area contributed by atoms with Gasteiger partial charge in [0.25, 0.3) is 0 Å². The van der Waals surface area contributed by atoms with Gasteiger partial charge in [-0.15, -0.1) is 0 Å². The van der Waals surface area contributed by atoms with Crippen LogP contribution in [0, 0.1) is 0 Å². The summed E-state index contributed by atoms with van der Waals surface area (Å²) in [6, 6.07) is 14.5. The van der Waals surface area contributed by atoms with Crippen LogP contribution in [0.15, 0.2) is 42.5 Å². The number of aromatic hydroxyl groups is 1. The molecule has 0 amide bonds. The van der Waals surface area contributed by atoms with Crippen LogP contribution in [0.5, 0.6) is 5.75 Å². The maximum Gasteiger partial charge on any atom is 0.123 e. The van der Waals surface area contributed by atoms with E-state index in [1.54, 1.807) is 0 Å². The second-order valence-electron chi connectivity index (χ2n) is 7.81. The molecule has 0 spiro atoms. The highest BCUT2D eigenvalue weighted by atomic mass is 16.3. The Hall–Kier alpha value is -1.76. The smallest absolute Gasteiger partial charge is 0.123 e. The van der Waals surface area contributed by atoms with Gasteiger partial charge in [-0.05, 0) is 33.6 Å². The van der Waals surface area contributed by atoms with Crippen LogP contribution in [-0.2, 0) is 10.8 Å². The molecular formula is C20H26O. The Kier molecular flexibility index (Phi) is 3.88. The topological polar surface area (TPSA) is 20.2 Å². The molecule has 1 nitrogen and oxygen atoms in total. The van der Waals surface area contributed by atoms with Crippen LogP contribution in [0.1, 0.15) is 52.7 Å². The Balaban J connectivity index is 2.39. The molecule has 1 N–H and O–H groups in total. The number of hydrogen-bond acceptors (Lipinski definition) is 1. The van der Waals surface area contributed by atoms with Crippen LogP contribution in [0.3, 0.4) is 0 Å². The summed E-state index contributed by atoms with van der Waals surface area (Å²) in [7, 11) is 0. The lowest BCUT2D eigenvalue weighted by Crippen LogP contribution is -2.11. The first kappa shape index (κ1) is 15.6. The third-order valence-electron chi connectivity index (χ3n) is 3.93. The van der Waals surface area contributed by atoms with Gasteiger partial charge in [-0.3, -0.25) is 0 Å². The molecule has 0 aliphatic carbocycles. The number of hydrogen-bond donors (Lipinski definition) is 1. The van der Waals surface area contributed by atoms with E-state index in [9.17, 15) is 5.11 Å². The first-order valence-electron chi connectivity index (χ1n) is 7.53. The minimum Gasteiger partial charge on any atom is -0.507 e. The average Bonchev–Trinajstić information content (AvgIpc) is 2.36. The van der Waals surface area contributed by atoms with Gasteiger partial charge in [0.05, 0.1) is 0 Å². The number of benzene rings is 2. The van der Waals surface area contributed by atoms with E-state index in [1.165, 1.54) is 5.56 Å². The largest absolute Gasteiger partial charge is 0.507 e. The van der Waals surface area contributed by atoms with Crippen molar-refractivity contribution in [2.24, 2.45) is 0 Å². The molecule has 0 unspecified atom stereocenters. The molecule has 2 aromatic carbocycles. The van der Waals surface area contributed by atoms with Crippen molar-refractivity contribution in [3.63, 3.8) is 0 Å². The predicted molar refractivity (Wildman–Crippen MR) is 90.9 cm³/mol. The van der Waals surface area contributed by atoms with Crippen LogP contribution in [-0.4, -0.2) is 5.11 Å². The molecule has 21 heavy (non-hydrogen) atoms. The van der Waals surface area contributed by atoms with E-state index >= 15 is 0 Å². The second-order valence-corrected chi connectivity index (χ2v) is 7.81. The first-order valence-corrected chi connectivity index (χ1v) is 7.53. The summed E-state index contributed by atoms with van der Waals surface area (Å²) in [5.74, 6) is 0.353. The van der Waals surface area contributed by atoms with E-state index in [-0.39, 0.29) is 10.8 Å². The number of rotatable bonds is 1. The van der Waals surface area contributed by atoms with Crippen molar-refractivity contribution >= 4 is 0 Å². The maximum absolute atomic E-state index is 10.3. The molecule has 1 heteroatoms. The molecule has 0 radical (unpaired) electrons. The molecular weight excluding hydrogens is 256 g/mol. The van der Waals surface area contributed by atoms with Gasteiger partial charge in [0.1, 0.15) is 5.75 Å². The number of phenols is 1. The molecule has 0 heterocycles. The normalized spacial score (nSPS) is 12.5. The zero-order valence-corrected chi connectivity index (χ0v) is 14.0. The van der Waals surface area contributed by atoms with Gasteiger partial charge >= 0.3 is 0 Å². The van der Waals surface area contributed by atoms with E-state index in [0.717, 1.165) is 16.7 Å². The van der Waals surface area contributed by atoms with Gasteiger partial charge in [0.2, 0.25) is 0 Å². The molecule has 2 aromatic rings. The standard InChI is InChI=1S/C20H26O/c1-19(2,3)15-9-7-14(8-10-15)17-12-11-16(13-18(17)21)20(4,5)6/h7-13,21H,1-6H3. The summed E-state index contributed by atoms with van der Waals surface area (Å²) in [6.45, 7) is 13.1. The summed E-state index contributed by atoms with van der Waals surface area (Å²) in [4.78, 5) is 0. The zero-order chi connectivity index (χ0) is 15.8. The summed E-state index contributed by atoms with van der Waals surface area (Å²) in [6.07, 6.45) is 0. The van der Waals surface area contributed by atoms with Crippen molar-refractivity contribution < 1.29 is 5.11 Å². The Morgan fingerprint density at radius 1 is 0.667 bits per heavy atom. The molecule has 0 aliphatic rings. The predicted octanol–water partition coefficient (Wildman–Crippen LogP) is 5.65. The molecule has 0 aromatic heterocycles. The lowest BCUT2D eigenvalue weighted by atomic mass is 9.84. The summed E-state index contributed by atoms with van der Waals surface area (Å²) >= 11 is 0. The highest BCUT2D eigenvalue weighted by Crippen LogP contribution is 2.34. The number of phenolic OH excluding ortho intramolecular Hbond substituents is 1. The Morgan fingerprint density at radius 2 is 1.14 bits per heavy atom. The molecule has 0 bridgehead atoms. The van der Waals surface area contributed by atoms with Crippen LogP contribution >= 0.6 is 0 Å². The van der Waals surface area contributed by atoms with Crippen molar-refractivity contribution in [3.8, 4) is 16.9 Å². The Morgan fingerprint density at radius 3 is 1.57 bits per heavy atom. The average molecular weight is 282 g/mol. The van der Waals surface area contributed by atoms with Crippen molar-refractivity contribution in [3.05, 3.63) is 53.6 Å². The van der Waals surface area contributed by atoms with Gasteiger partial charge in [-0.25, -0.2) is 0 Å². The fraction of sp³-hybridized carbons (Fsp3) is 0.400. The minimum absolute atomic E-state index is 0.0477. The SMILES string of the molecule is CC(C)(C)c1ccc(-c2ccc(C(C)(C)C)cc2O)cc1. The summed E-state index contributed by atoms with van der Waals surface area (Å²) in [5.41, 5.74) is 4.60. The molecule has 0 aliphatic heterocycles. The molecule has 0 fully saturated rings. The van der Waals surface area contributed by atoms with Crippen LogP contribution in [0.4, 0.5) is 0 Å². The van der Waals surface area contributed by atoms with E-state index < -0.39 is 0 Å². The fourth-order valence-corrected chi connectivity index (χ4v) is 2.39. The van der Waals surface area contributed by atoms with Crippen LogP contribution < -0.4 is 0 Å². The first-order chi connectivity index (χ1) is 9.59. The van der Waals surface area contributed by atoms with Crippen LogP contribution in [0.2, 0.25) is 0 Å². The fourth-order valence-electron chi connectivity index (χ4n) is 2.39. The van der Waals surface area contributed by atoms with Crippen molar-refractivity contribution in [2.45, 2.75) is 52.4 Å². The minimum atomic E-state index is 0.0477. The van der Waals surface area contributed by atoms with Gasteiger partial charge in [0, 0.05) is 5.56 Å². The highest BCUT2D eigenvalue weighted by molar-refractivity contribution is 5.71. The third-order valence-corrected chi connectivity index (χ3v) is 3.93. The monoisotopic (exact) mass is 282 g/mol. The molecule has 0 atom stereocenters. The van der Waals surface area contributed by atoms with E-state index in [4.69, 9.17) is 0 Å². The Labute approximate surface area is 128 Å². The van der Waals surface area contributed by atoms with Crippen molar-refractivity contribution in [1.29, 1.82) is 0 Å². The molecule has 2 rings (SSSR count). The quantitative estimate of drug-likeness (QED) is 0.716. The van der Waals surface area contributed by atoms with E-state index in [0.29, 0.717) is 5.75 Å². The lowest BCUT2D eigenvalue weighted by Gasteiger charge is -2.21. The molecule has 0 saturated carbocycles. The van der Waals surface area contributed by atoms with E-state index in [1.807, 2.05) is 12.1 Å². The Bertz CT molecular complexity index is 622. The molecule has 0 saturated heterocycles. The summed E-state index contributed by atoms with van der Waals surface area (Å²) in [5, 5.41) is 10.3. The maximum atomic E-state index is 10.3. The highest BCUT2D eigenvalue weighted by Gasteiger charge is 2.17. The zero-order valence-electron chi connectivity index (χ0n) is 14.0. The van der Waals surface area contributed by atoms with E-state index in [2.05, 4.69) is 71.9 Å². The third kappa shape index (κ3) is 3.47. The van der Waals surface area contributed by atoms with Crippen molar-refractivity contribution in [2.75, 3.05) is 0 Å². The second kappa shape index (κ2) is 5.22. The van der Waals surface area contributed by atoms with Gasteiger partial charge < -0.3 is 5.11 Å². The van der Waals surface area contributed by atoms with Gasteiger partial charge in [-0.2, -0.15) is 0 Å². The lowest BCUT2D eigenvalue weighted by molar-refractivity contribution is 0.473. The molecule has 112 valence electrons. The summed E-state index contributed by atoms with van der Waals surface area (Å²) < 4.78 is 0.